The number of nitrogens with one attached hydrogen (secondary N) is 2. The maximum atomic E-state index is 11.7. The minimum absolute atomic E-state index is 0.237. The highest BCUT2D eigenvalue weighted by atomic mass is 16.5. The highest BCUT2D eigenvalue weighted by Gasteiger charge is 2.10. The van der Waals surface area contributed by atoms with Crippen molar-refractivity contribution in [1.82, 2.24) is 5.32 Å². The van der Waals surface area contributed by atoms with Crippen LogP contribution < -0.4 is 10.6 Å². The van der Waals surface area contributed by atoms with E-state index in [0.29, 0.717) is 12.2 Å². The summed E-state index contributed by atoms with van der Waals surface area (Å²) in [7, 11) is 0. The van der Waals surface area contributed by atoms with Crippen LogP contribution in [0.4, 0.5) is 5.69 Å². The minimum atomic E-state index is -0.633. The van der Waals surface area contributed by atoms with Gasteiger partial charge in [0.1, 0.15) is 0 Å². The van der Waals surface area contributed by atoms with Gasteiger partial charge in [0, 0.05) is 19.2 Å². The molecule has 1 aromatic carbocycles. The molecule has 0 heterocycles. The van der Waals surface area contributed by atoms with Crippen LogP contribution in [0.15, 0.2) is 36.9 Å². The van der Waals surface area contributed by atoms with Gasteiger partial charge in [0.25, 0.3) is 5.91 Å². The van der Waals surface area contributed by atoms with E-state index >= 15 is 0 Å². The van der Waals surface area contributed by atoms with Crippen molar-refractivity contribution in [2.24, 2.45) is 0 Å². The topological polar surface area (TPSA) is 84.5 Å². The summed E-state index contributed by atoms with van der Waals surface area (Å²) in [6.07, 6.45) is 1.52. The van der Waals surface area contributed by atoms with Crippen molar-refractivity contribution in [3.05, 3.63) is 42.5 Å². The highest BCUT2D eigenvalue weighted by Crippen LogP contribution is 2.11. The summed E-state index contributed by atoms with van der Waals surface area (Å²) in [6, 6.07) is 6.27. The van der Waals surface area contributed by atoms with Crippen LogP contribution in [0.2, 0.25) is 0 Å². The SMILES string of the molecule is C=CCNC(=O)COC(=O)c1cccc(NC(C)=O)c1. The van der Waals surface area contributed by atoms with Gasteiger partial charge in [-0.25, -0.2) is 4.79 Å². The van der Waals surface area contributed by atoms with E-state index in [0.717, 1.165) is 0 Å². The second-order valence-corrected chi connectivity index (χ2v) is 3.93. The molecule has 0 aromatic heterocycles. The van der Waals surface area contributed by atoms with Gasteiger partial charge >= 0.3 is 5.97 Å². The van der Waals surface area contributed by atoms with Gasteiger partial charge in [-0.1, -0.05) is 12.1 Å². The highest BCUT2D eigenvalue weighted by molar-refractivity contribution is 5.94. The van der Waals surface area contributed by atoms with Crippen LogP contribution in [-0.2, 0) is 14.3 Å². The first kappa shape index (κ1) is 15.4. The Bertz CT molecular complexity index is 526. The van der Waals surface area contributed by atoms with Crippen LogP contribution in [0.1, 0.15) is 17.3 Å². The Kier molecular flexibility index (Phi) is 5.96. The molecule has 0 fully saturated rings. The molecule has 0 saturated heterocycles. The number of amides is 2. The third kappa shape index (κ3) is 5.34. The van der Waals surface area contributed by atoms with Crippen LogP contribution in [0, 0.1) is 0 Å². The summed E-state index contributed by atoms with van der Waals surface area (Å²) in [5.74, 6) is -1.28. The largest absolute Gasteiger partial charge is 0.452 e. The fourth-order valence-electron chi connectivity index (χ4n) is 1.38. The molecular weight excluding hydrogens is 260 g/mol. The lowest BCUT2D eigenvalue weighted by atomic mass is 10.2. The molecule has 6 heteroatoms. The van der Waals surface area contributed by atoms with Crippen LogP contribution in [-0.4, -0.2) is 30.9 Å². The Balaban J connectivity index is 2.56. The number of ether oxygens (including phenoxy) is 1. The lowest BCUT2D eigenvalue weighted by Gasteiger charge is -2.07. The van der Waals surface area contributed by atoms with Crippen LogP contribution in [0.5, 0.6) is 0 Å². The fraction of sp³-hybridized carbons (Fsp3) is 0.214. The number of carbonyl (C=O) groups is 3. The average Bonchev–Trinajstić information content (AvgIpc) is 2.42. The van der Waals surface area contributed by atoms with E-state index in [2.05, 4.69) is 17.2 Å². The molecule has 0 bridgehead atoms. The first-order valence-corrected chi connectivity index (χ1v) is 5.95. The molecule has 2 N–H and O–H groups in total. The summed E-state index contributed by atoms with van der Waals surface area (Å²) in [6.45, 7) is 4.77. The number of anilines is 1. The average molecular weight is 276 g/mol. The summed E-state index contributed by atoms with van der Waals surface area (Å²) >= 11 is 0. The third-order valence-corrected chi connectivity index (χ3v) is 2.20. The molecule has 1 aromatic rings. The van der Waals surface area contributed by atoms with Crippen molar-refractivity contribution in [2.75, 3.05) is 18.5 Å². The molecule has 1 rings (SSSR count). The lowest BCUT2D eigenvalue weighted by molar-refractivity contribution is -0.124. The molecule has 0 atom stereocenters. The fourth-order valence-corrected chi connectivity index (χ4v) is 1.38. The molecule has 0 aliphatic carbocycles. The van der Waals surface area contributed by atoms with Crippen LogP contribution in [0.25, 0.3) is 0 Å². The standard InChI is InChI=1S/C14H16N2O4/c1-3-7-15-13(18)9-20-14(19)11-5-4-6-12(8-11)16-10(2)17/h3-6,8H,1,7,9H2,2H3,(H,15,18)(H,16,17). The summed E-state index contributed by atoms with van der Waals surface area (Å²) in [5, 5.41) is 5.04. The van der Waals surface area contributed by atoms with E-state index in [-0.39, 0.29) is 18.1 Å². The predicted molar refractivity (Wildman–Crippen MR) is 74.2 cm³/mol. The summed E-state index contributed by atoms with van der Waals surface area (Å²) in [5.41, 5.74) is 0.746. The number of hydrogen-bond donors (Lipinski definition) is 2. The normalized spacial score (nSPS) is 9.45. The van der Waals surface area contributed by atoms with E-state index in [1.807, 2.05) is 0 Å². The lowest BCUT2D eigenvalue weighted by Crippen LogP contribution is -2.28. The smallest absolute Gasteiger partial charge is 0.338 e. The third-order valence-electron chi connectivity index (χ3n) is 2.20. The van der Waals surface area contributed by atoms with E-state index in [4.69, 9.17) is 4.74 Å². The quantitative estimate of drug-likeness (QED) is 0.602. The summed E-state index contributed by atoms with van der Waals surface area (Å²) in [4.78, 5) is 33.9. The number of carbonyl (C=O) groups excluding carboxylic acids is 3. The van der Waals surface area contributed by atoms with E-state index < -0.39 is 11.9 Å². The van der Waals surface area contributed by atoms with Crippen molar-refractivity contribution in [3.63, 3.8) is 0 Å². The van der Waals surface area contributed by atoms with Gasteiger partial charge in [-0.15, -0.1) is 6.58 Å². The van der Waals surface area contributed by atoms with Crippen molar-refractivity contribution < 1.29 is 19.1 Å². The molecule has 6 nitrogen and oxygen atoms in total. The molecule has 0 radical (unpaired) electrons. The maximum absolute atomic E-state index is 11.7. The van der Waals surface area contributed by atoms with Gasteiger partial charge in [0.2, 0.25) is 5.91 Å². The molecule has 2 amide bonds. The predicted octanol–water partition coefficient (Wildman–Crippen LogP) is 1.10. The van der Waals surface area contributed by atoms with Crippen molar-refractivity contribution in [1.29, 1.82) is 0 Å². The van der Waals surface area contributed by atoms with Gasteiger partial charge in [0.05, 0.1) is 5.56 Å². The Morgan fingerprint density at radius 1 is 1.35 bits per heavy atom. The summed E-state index contributed by atoms with van der Waals surface area (Å²) < 4.78 is 4.85. The first-order chi connectivity index (χ1) is 9.52. The number of esters is 1. The van der Waals surface area contributed by atoms with Gasteiger partial charge < -0.3 is 15.4 Å². The van der Waals surface area contributed by atoms with Crippen molar-refractivity contribution >= 4 is 23.5 Å². The molecule has 20 heavy (non-hydrogen) atoms. The molecular formula is C14H16N2O4. The van der Waals surface area contributed by atoms with Crippen molar-refractivity contribution in [3.8, 4) is 0 Å². The minimum Gasteiger partial charge on any atom is -0.452 e. The van der Waals surface area contributed by atoms with E-state index in [1.54, 1.807) is 12.1 Å². The molecule has 0 aliphatic rings. The van der Waals surface area contributed by atoms with E-state index in [1.165, 1.54) is 25.1 Å². The Hall–Kier alpha value is -2.63. The second-order valence-electron chi connectivity index (χ2n) is 3.93. The second kappa shape index (κ2) is 7.73. The van der Waals surface area contributed by atoms with Crippen LogP contribution >= 0.6 is 0 Å². The Labute approximate surface area is 116 Å². The zero-order valence-electron chi connectivity index (χ0n) is 11.1. The Morgan fingerprint density at radius 2 is 2.10 bits per heavy atom. The Morgan fingerprint density at radius 3 is 2.75 bits per heavy atom. The molecule has 0 unspecified atom stereocenters. The number of hydrogen-bond acceptors (Lipinski definition) is 4. The van der Waals surface area contributed by atoms with Gasteiger partial charge in [-0.3, -0.25) is 9.59 Å². The number of benzene rings is 1. The molecule has 106 valence electrons. The monoisotopic (exact) mass is 276 g/mol. The molecule has 0 spiro atoms. The zero-order chi connectivity index (χ0) is 15.0. The van der Waals surface area contributed by atoms with Crippen LogP contribution in [0.3, 0.4) is 0 Å². The maximum Gasteiger partial charge on any atom is 0.338 e. The van der Waals surface area contributed by atoms with Crippen molar-refractivity contribution in [2.45, 2.75) is 6.92 Å². The zero-order valence-corrected chi connectivity index (χ0v) is 11.1. The molecule has 0 aliphatic heterocycles. The molecule has 0 saturated carbocycles. The van der Waals surface area contributed by atoms with Gasteiger partial charge in [-0.05, 0) is 18.2 Å². The van der Waals surface area contributed by atoms with Gasteiger partial charge in [-0.2, -0.15) is 0 Å². The van der Waals surface area contributed by atoms with E-state index in [9.17, 15) is 14.4 Å². The van der Waals surface area contributed by atoms with Gasteiger partial charge in [0.15, 0.2) is 6.61 Å². The first-order valence-electron chi connectivity index (χ1n) is 5.95. The number of rotatable bonds is 6.